The van der Waals surface area contributed by atoms with Gasteiger partial charge in [0.25, 0.3) is 0 Å². The summed E-state index contributed by atoms with van der Waals surface area (Å²) in [5, 5.41) is 2.45. The highest BCUT2D eigenvalue weighted by Crippen LogP contribution is 2.51. The van der Waals surface area contributed by atoms with Crippen LogP contribution in [-0.4, -0.2) is 4.57 Å². The van der Waals surface area contributed by atoms with Gasteiger partial charge in [0.15, 0.2) is 0 Å². The molecule has 0 atom stereocenters. The summed E-state index contributed by atoms with van der Waals surface area (Å²) in [7, 11) is 0. The lowest BCUT2D eigenvalue weighted by molar-refractivity contribution is 0.660. The molecule has 0 bridgehead atoms. The molecule has 0 radical (unpaired) electrons. The van der Waals surface area contributed by atoms with E-state index in [0.29, 0.717) is 0 Å². The fraction of sp³-hybridized carbons (Fsp3) is 0.0526. The number of nitrogens with zero attached hydrogens (tertiary/aromatic N) is 2. The van der Waals surface area contributed by atoms with E-state index in [2.05, 4.69) is 242 Å². The third kappa shape index (κ3) is 5.79. The molecule has 2 heteroatoms. The molecule has 0 N–H and O–H groups in total. The van der Waals surface area contributed by atoms with Gasteiger partial charge in [0.2, 0.25) is 0 Å². The van der Waals surface area contributed by atoms with Crippen LogP contribution in [-0.2, 0) is 5.41 Å². The van der Waals surface area contributed by atoms with E-state index >= 15 is 0 Å². The van der Waals surface area contributed by atoms with Crippen LogP contribution in [0.3, 0.4) is 0 Å². The van der Waals surface area contributed by atoms with Gasteiger partial charge < -0.3 is 9.47 Å². The van der Waals surface area contributed by atoms with Gasteiger partial charge in [-0.2, -0.15) is 0 Å². The minimum atomic E-state index is -0.129. The number of hydrogen-bond acceptors (Lipinski definition) is 1. The number of rotatable bonds is 7. The molecule has 11 rings (SSSR count). The van der Waals surface area contributed by atoms with Crippen molar-refractivity contribution in [1.82, 2.24) is 4.57 Å². The van der Waals surface area contributed by atoms with E-state index in [-0.39, 0.29) is 5.41 Å². The van der Waals surface area contributed by atoms with Crippen molar-refractivity contribution in [2.45, 2.75) is 19.3 Å². The Kier molecular flexibility index (Phi) is 8.20. The minimum Gasteiger partial charge on any atom is -0.310 e. The van der Waals surface area contributed by atoms with Crippen LogP contribution in [0.4, 0.5) is 17.1 Å². The van der Waals surface area contributed by atoms with Crippen LogP contribution in [0.1, 0.15) is 25.0 Å². The Hall–Kier alpha value is -7.42. The van der Waals surface area contributed by atoms with Gasteiger partial charge in [0.1, 0.15) is 0 Å². The Morgan fingerprint density at radius 1 is 0.356 bits per heavy atom. The topological polar surface area (TPSA) is 8.17 Å². The second-order valence-corrected chi connectivity index (χ2v) is 16.2. The zero-order chi connectivity index (χ0) is 39.5. The fourth-order valence-corrected chi connectivity index (χ4v) is 9.52. The molecular weight excluding hydrogens is 713 g/mol. The lowest BCUT2D eigenvalue weighted by atomic mass is 9.82. The standard InChI is InChI=1S/C57H42N2/c1-57(2)52-29-13-12-27-49(52)50-33-31-47(38-53(50)57)58(45-26-15-22-42(36-45)40-19-8-4-9-20-40)46-32-34-54-51(37-46)56-48(28-16-30-55(56)59(54)44-24-10-5-11-25-44)43-23-14-21-41(35-43)39-17-6-3-7-18-39/h3-38H,1-2H3. The largest absolute Gasteiger partial charge is 0.310 e. The molecule has 0 unspecified atom stereocenters. The average molecular weight is 755 g/mol. The first-order valence-electron chi connectivity index (χ1n) is 20.5. The van der Waals surface area contributed by atoms with Gasteiger partial charge in [-0.05, 0) is 122 Å². The predicted octanol–water partition coefficient (Wildman–Crippen LogP) is 15.6. The van der Waals surface area contributed by atoms with E-state index in [1.54, 1.807) is 0 Å². The Morgan fingerprint density at radius 2 is 0.898 bits per heavy atom. The average Bonchev–Trinajstić information content (AvgIpc) is 3.75. The Bertz CT molecular complexity index is 3170. The normalized spacial score (nSPS) is 12.7. The minimum absolute atomic E-state index is 0.129. The van der Waals surface area contributed by atoms with Crippen molar-refractivity contribution in [3.8, 4) is 50.2 Å². The monoisotopic (exact) mass is 754 g/mol. The maximum Gasteiger partial charge on any atom is 0.0547 e. The van der Waals surface area contributed by atoms with Gasteiger partial charge in [-0.1, -0.05) is 166 Å². The summed E-state index contributed by atoms with van der Waals surface area (Å²) >= 11 is 0. The Labute approximate surface area is 345 Å². The summed E-state index contributed by atoms with van der Waals surface area (Å²) in [4.78, 5) is 2.45. The molecule has 2 nitrogen and oxygen atoms in total. The molecule has 0 aliphatic heterocycles. The molecule has 0 amide bonds. The molecule has 1 aliphatic rings. The van der Waals surface area contributed by atoms with E-state index in [0.717, 1.165) is 22.7 Å². The summed E-state index contributed by atoms with van der Waals surface area (Å²) in [5.74, 6) is 0. The maximum absolute atomic E-state index is 2.45. The second-order valence-electron chi connectivity index (χ2n) is 16.2. The number of fused-ring (bicyclic) bond motifs is 6. The van der Waals surface area contributed by atoms with Crippen LogP contribution < -0.4 is 4.90 Å². The Balaban J connectivity index is 1.16. The summed E-state index contributed by atoms with van der Waals surface area (Å²) in [5.41, 5.74) is 19.3. The van der Waals surface area contributed by atoms with Crippen molar-refractivity contribution >= 4 is 38.9 Å². The van der Waals surface area contributed by atoms with Gasteiger partial charge in [-0.15, -0.1) is 0 Å². The molecule has 9 aromatic carbocycles. The highest BCUT2D eigenvalue weighted by molar-refractivity contribution is 6.17. The van der Waals surface area contributed by atoms with Gasteiger partial charge in [0, 0.05) is 38.9 Å². The molecule has 0 spiro atoms. The SMILES string of the molecule is CC1(C)c2ccccc2-c2ccc(N(c3cccc(-c4ccccc4)c3)c3ccc4c(c3)c3c(-c5cccc(-c6ccccc6)c5)cccc3n4-c3ccccc3)cc21. The zero-order valence-corrected chi connectivity index (χ0v) is 33.2. The third-order valence-electron chi connectivity index (χ3n) is 12.4. The molecule has 1 aromatic heterocycles. The van der Waals surface area contributed by atoms with Crippen molar-refractivity contribution < 1.29 is 0 Å². The first-order valence-corrected chi connectivity index (χ1v) is 20.5. The molecule has 1 aliphatic carbocycles. The lowest BCUT2D eigenvalue weighted by Crippen LogP contribution is -2.16. The smallest absolute Gasteiger partial charge is 0.0547 e. The van der Waals surface area contributed by atoms with Gasteiger partial charge in [-0.3, -0.25) is 0 Å². The van der Waals surface area contributed by atoms with Crippen molar-refractivity contribution in [2.24, 2.45) is 0 Å². The van der Waals surface area contributed by atoms with Gasteiger partial charge in [0.05, 0.1) is 11.0 Å². The summed E-state index contributed by atoms with van der Waals surface area (Å²) in [6.07, 6.45) is 0. The van der Waals surface area contributed by atoms with Crippen LogP contribution in [0.5, 0.6) is 0 Å². The van der Waals surface area contributed by atoms with E-state index in [9.17, 15) is 0 Å². The Morgan fingerprint density at radius 3 is 1.66 bits per heavy atom. The van der Waals surface area contributed by atoms with Crippen molar-refractivity contribution in [1.29, 1.82) is 0 Å². The molecule has 1 heterocycles. The highest BCUT2D eigenvalue weighted by atomic mass is 15.1. The van der Waals surface area contributed by atoms with Gasteiger partial charge in [-0.25, -0.2) is 0 Å². The predicted molar refractivity (Wildman–Crippen MR) is 249 cm³/mol. The fourth-order valence-electron chi connectivity index (χ4n) is 9.52. The summed E-state index contributed by atoms with van der Waals surface area (Å²) < 4.78 is 2.43. The molecule has 0 saturated heterocycles. The van der Waals surface area contributed by atoms with E-state index in [1.807, 2.05) is 0 Å². The zero-order valence-electron chi connectivity index (χ0n) is 33.2. The van der Waals surface area contributed by atoms with E-state index < -0.39 is 0 Å². The van der Waals surface area contributed by atoms with Crippen molar-refractivity contribution in [3.05, 3.63) is 230 Å². The molecule has 59 heavy (non-hydrogen) atoms. The second kappa shape index (κ2) is 13.9. The van der Waals surface area contributed by atoms with Crippen molar-refractivity contribution in [2.75, 3.05) is 4.90 Å². The van der Waals surface area contributed by atoms with Crippen LogP contribution in [0, 0.1) is 0 Å². The molecule has 280 valence electrons. The van der Waals surface area contributed by atoms with Crippen LogP contribution >= 0.6 is 0 Å². The molecule has 10 aromatic rings. The maximum atomic E-state index is 2.45. The first-order chi connectivity index (χ1) is 29.0. The van der Waals surface area contributed by atoms with Crippen LogP contribution in [0.2, 0.25) is 0 Å². The summed E-state index contributed by atoms with van der Waals surface area (Å²) in [6.45, 7) is 4.72. The number of hydrogen-bond donors (Lipinski definition) is 0. The number of aromatic nitrogens is 1. The summed E-state index contributed by atoms with van der Waals surface area (Å²) in [6, 6.07) is 79.9. The number of para-hydroxylation sites is 1. The highest BCUT2D eigenvalue weighted by Gasteiger charge is 2.36. The first kappa shape index (κ1) is 34.8. The van der Waals surface area contributed by atoms with Crippen LogP contribution in [0.25, 0.3) is 72.0 Å². The van der Waals surface area contributed by atoms with Gasteiger partial charge >= 0.3 is 0 Å². The lowest BCUT2D eigenvalue weighted by Gasteiger charge is -2.28. The quantitative estimate of drug-likeness (QED) is 0.157. The number of benzene rings is 9. The van der Waals surface area contributed by atoms with E-state index in [4.69, 9.17) is 0 Å². The molecule has 0 saturated carbocycles. The third-order valence-corrected chi connectivity index (χ3v) is 12.4. The van der Waals surface area contributed by atoms with Crippen molar-refractivity contribution in [3.63, 3.8) is 0 Å². The molecular formula is C57H42N2. The van der Waals surface area contributed by atoms with Crippen LogP contribution in [0.15, 0.2) is 218 Å². The molecule has 0 fully saturated rings. The number of anilines is 3. The van der Waals surface area contributed by atoms with E-state index in [1.165, 1.54) is 77.4 Å².